The summed E-state index contributed by atoms with van der Waals surface area (Å²) in [5.74, 6) is -0.818. The van der Waals surface area contributed by atoms with Crippen LogP contribution in [0, 0.1) is 20.2 Å². The normalized spacial score (nSPS) is 11.9. The summed E-state index contributed by atoms with van der Waals surface area (Å²) >= 11 is 0. The van der Waals surface area contributed by atoms with Gasteiger partial charge in [0.05, 0.1) is 15.9 Å². The molecule has 28 heavy (non-hydrogen) atoms. The van der Waals surface area contributed by atoms with Gasteiger partial charge in [0.25, 0.3) is 5.69 Å². The molecule has 2 aromatic carbocycles. The fourth-order valence-corrected chi connectivity index (χ4v) is 3.84. The van der Waals surface area contributed by atoms with Crippen molar-refractivity contribution in [1.29, 1.82) is 0 Å². The van der Waals surface area contributed by atoms with Crippen LogP contribution in [0.1, 0.15) is 11.3 Å². The molecule has 3 rings (SSSR count). The van der Waals surface area contributed by atoms with E-state index in [0.717, 1.165) is 6.07 Å². The molecule has 0 aliphatic rings. The first kappa shape index (κ1) is 19.0. The monoisotopic (exact) mass is 400 g/mol. The maximum Gasteiger partial charge on any atom is 0.433 e. The number of sulfone groups is 1. The van der Waals surface area contributed by atoms with E-state index in [0.29, 0.717) is 5.56 Å². The minimum Gasteiger partial charge on any atom is -0.400 e. The molecule has 0 amide bonds. The molecular weight excluding hydrogens is 388 g/mol. The molecule has 0 radical (unpaired) electrons. The number of nitro benzene ring substituents is 1. The lowest BCUT2D eigenvalue weighted by molar-refractivity contribution is -0.402. The SMILES string of the molecule is O=[N+]([O-])c1ccc(/C=C(/c2ccc([N+](=O)[O-])o2)S(=O)(=O)c2ccccc2)cc1. The Morgan fingerprint density at radius 2 is 1.50 bits per heavy atom. The number of non-ortho nitro benzene ring substituents is 1. The Morgan fingerprint density at radius 1 is 0.857 bits per heavy atom. The summed E-state index contributed by atoms with van der Waals surface area (Å²) in [5, 5.41) is 21.7. The summed E-state index contributed by atoms with van der Waals surface area (Å²) in [4.78, 5) is 20.0. The zero-order valence-corrected chi connectivity index (χ0v) is 14.9. The van der Waals surface area contributed by atoms with Crippen molar-refractivity contribution < 1.29 is 22.7 Å². The van der Waals surface area contributed by atoms with E-state index in [1.54, 1.807) is 18.2 Å². The van der Waals surface area contributed by atoms with Crippen LogP contribution in [0.25, 0.3) is 11.0 Å². The maximum atomic E-state index is 13.1. The number of hydrogen-bond acceptors (Lipinski definition) is 7. The minimum atomic E-state index is -4.08. The molecule has 142 valence electrons. The number of benzene rings is 2. The molecule has 0 N–H and O–H groups in total. The van der Waals surface area contributed by atoms with Gasteiger partial charge < -0.3 is 4.42 Å². The second-order valence-corrected chi connectivity index (χ2v) is 7.49. The fraction of sp³-hybridized carbons (Fsp3) is 0. The summed E-state index contributed by atoms with van der Waals surface area (Å²) in [6.45, 7) is 0. The molecule has 1 aromatic heterocycles. The van der Waals surface area contributed by atoms with Crippen LogP contribution in [0.2, 0.25) is 0 Å². The first-order chi connectivity index (χ1) is 13.3. The predicted molar refractivity (Wildman–Crippen MR) is 100.0 cm³/mol. The van der Waals surface area contributed by atoms with Crippen molar-refractivity contribution in [3.63, 3.8) is 0 Å². The summed E-state index contributed by atoms with van der Waals surface area (Å²) in [5.41, 5.74) is 0.192. The third kappa shape index (κ3) is 3.81. The maximum absolute atomic E-state index is 13.1. The smallest absolute Gasteiger partial charge is 0.400 e. The minimum absolute atomic E-state index is 0.0257. The zero-order chi connectivity index (χ0) is 20.3. The Bertz CT molecular complexity index is 1160. The van der Waals surface area contributed by atoms with Crippen molar-refractivity contribution in [2.24, 2.45) is 0 Å². The second kappa shape index (κ2) is 7.45. The van der Waals surface area contributed by atoms with Crippen molar-refractivity contribution in [1.82, 2.24) is 0 Å². The van der Waals surface area contributed by atoms with Gasteiger partial charge in [-0.25, -0.2) is 8.42 Å². The quantitative estimate of drug-likeness (QED) is 0.450. The Hall–Kier alpha value is -3.79. The van der Waals surface area contributed by atoms with Gasteiger partial charge >= 0.3 is 5.88 Å². The molecule has 1 heterocycles. The van der Waals surface area contributed by atoms with Gasteiger partial charge in [0, 0.05) is 12.1 Å². The lowest BCUT2D eigenvalue weighted by Gasteiger charge is -2.07. The zero-order valence-electron chi connectivity index (χ0n) is 14.1. The summed E-state index contributed by atoms with van der Waals surface area (Å²) in [7, 11) is -4.08. The first-order valence-corrected chi connectivity index (χ1v) is 9.28. The van der Waals surface area contributed by atoms with Crippen molar-refractivity contribution >= 4 is 32.4 Å². The van der Waals surface area contributed by atoms with Crippen LogP contribution in [0.4, 0.5) is 11.6 Å². The third-order valence-electron chi connectivity index (χ3n) is 3.76. The van der Waals surface area contributed by atoms with Gasteiger partial charge in [0.15, 0.2) is 5.76 Å². The molecule has 0 saturated carbocycles. The Labute approximate surface area is 158 Å². The number of hydrogen-bond donors (Lipinski definition) is 0. The van der Waals surface area contributed by atoms with Crippen LogP contribution in [0.5, 0.6) is 0 Å². The van der Waals surface area contributed by atoms with E-state index in [9.17, 15) is 28.6 Å². The predicted octanol–water partition coefficient (Wildman–Crippen LogP) is 4.07. The van der Waals surface area contributed by atoms with Crippen molar-refractivity contribution in [3.05, 3.63) is 98.3 Å². The molecule has 0 fully saturated rings. The van der Waals surface area contributed by atoms with Gasteiger partial charge in [0.2, 0.25) is 9.84 Å². The van der Waals surface area contributed by atoms with Crippen LogP contribution in [-0.2, 0) is 9.84 Å². The average Bonchev–Trinajstić information content (AvgIpc) is 3.17. The molecule has 0 spiro atoms. The van der Waals surface area contributed by atoms with Crippen molar-refractivity contribution in [3.8, 4) is 0 Å². The van der Waals surface area contributed by atoms with Crippen LogP contribution in [-0.4, -0.2) is 18.3 Å². The molecule has 0 atom stereocenters. The van der Waals surface area contributed by atoms with Gasteiger partial charge in [-0.1, -0.05) is 18.2 Å². The van der Waals surface area contributed by atoms with E-state index in [1.165, 1.54) is 48.5 Å². The van der Waals surface area contributed by atoms with Gasteiger partial charge in [-0.2, -0.15) is 0 Å². The van der Waals surface area contributed by atoms with E-state index in [4.69, 9.17) is 4.42 Å². The Kier molecular flexibility index (Phi) is 5.05. The van der Waals surface area contributed by atoms with E-state index in [1.807, 2.05) is 0 Å². The summed E-state index contributed by atoms with van der Waals surface area (Å²) in [6.07, 6.45) is 1.24. The highest BCUT2D eigenvalue weighted by atomic mass is 32.2. The molecule has 10 heteroatoms. The first-order valence-electron chi connectivity index (χ1n) is 7.80. The van der Waals surface area contributed by atoms with Gasteiger partial charge in [-0.15, -0.1) is 0 Å². The average molecular weight is 400 g/mol. The van der Waals surface area contributed by atoms with Crippen molar-refractivity contribution in [2.45, 2.75) is 4.90 Å². The van der Waals surface area contributed by atoms with Crippen LogP contribution in [0.3, 0.4) is 0 Å². The number of nitrogens with zero attached hydrogens (tertiary/aromatic N) is 2. The number of rotatable bonds is 6. The third-order valence-corrected chi connectivity index (χ3v) is 5.55. The molecule has 0 unspecified atom stereocenters. The van der Waals surface area contributed by atoms with Gasteiger partial charge in [-0.3, -0.25) is 20.2 Å². The molecule has 0 aliphatic carbocycles. The van der Waals surface area contributed by atoms with Gasteiger partial charge in [-0.05, 0) is 42.0 Å². The van der Waals surface area contributed by atoms with E-state index in [2.05, 4.69) is 0 Å². The van der Waals surface area contributed by atoms with E-state index >= 15 is 0 Å². The molecule has 0 aliphatic heterocycles. The van der Waals surface area contributed by atoms with Crippen molar-refractivity contribution in [2.75, 3.05) is 0 Å². The highest BCUT2D eigenvalue weighted by molar-refractivity contribution is 8.00. The Balaban J connectivity index is 2.16. The summed E-state index contributed by atoms with van der Waals surface area (Å²) < 4.78 is 31.3. The topological polar surface area (TPSA) is 134 Å². The summed E-state index contributed by atoms with van der Waals surface area (Å²) in [6, 6.07) is 14.9. The molecule has 0 bridgehead atoms. The molecule has 9 nitrogen and oxygen atoms in total. The van der Waals surface area contributed by atoms with Crippen LogP contribution in [0.15, 0.2) is 76.0 Å². The van der Waals surface area contributed by atoms with Crippen LogP contribution >= 0.6 is 0 Å². The molecular formula is C18H12N2O7S. The lowest BCUT2D eigenvalue weighted by atomic mass is 10.2. The highest BCUT2D eigenvalue weighted by Crippen LogP contribution is 2.33. The molecule has 3 aromatic rings. The van der Waals surface area contributed by atoms with Crippen LogP contribution < -0.4 is 0 Å². The fourth-order valence-electron chi connectivity index (χ4n) is 2.41. The Morgan fingerprint density at radius 3 is 2.04 bits per heavy atom. The van der Waals surface area contributed by atoms with E-state index in [-0.39, 0.29) is 21.2 Å². The second-order valence-electron chi connectivity index (χ2n) is 5.57. The van der Waals surface area contributed by atoms with Gasteiger partial charge in [0.1, 0.15) is 9.83 Å². The standard InChI is InChI=1S/C18H12N2O7S/c21-19(22)14-8-6-13(7-9-14)12-17(16-10-11-18(27-16)20(23)24)28(25,26)15-4-2-1-3-5-15/h1-12H/b17-12-. The highest BCUT2D eigenvalue weighted by Gasteiger charge is 2.27. The number of furan rings is 1. The molecule has 0 saturated heterocycles. The van der Waals surface area contributed by atoms with E-state index < -0.39 is 25.6 Å². The largest absolute Gasteiger partial charge is 0.433 e. The lowest BCUT2D eigenvalue weighted by Crippen LogP contribution is -2.03. The number of nitro groups is 2.